The van der Waals surface area contributed by atoms with E-state index in [-0.39, 0.29) is 25.0 Å². The number of hydrogen-bond donors (Lipinski definition) is 1. The van der Waals surface area contributed by atoms with E-state index in [4.69, 9.17) is 14.2 Å². The molecule has 2 unspecified atom stereocenters. The number of carbonyl (C=O) groups excluding carboxylic acids is 3. The molecule has 212 valence electrons. The lowest BCUT2D eigenvalue weighted by molar-refractivity contribution is -0.155. The van der Waals surface area contributed by atoms with Crippen molar-refractivity contribution in [2.24, 2.45) is 11.8 Å². The Labute approximate surface area is 225 Å². The summed E-state index contributed by atoms with van der Waals surface area (Å²) < 4.78 is 17.4. The van der Waals surface area contributed by atoms with Gasteiger partial charge in [0.05, 0.1) is 37.8 Å². The summed E-state index contributed by atoms with van der Waals surface area (Å²) in [5.74, 6) is -2.22. The molecule has 4 fully saturated rings. The van der Waals surface area contributed by atoms with E-state index < -0.39 is 35.6 Å². The Morgan fingerprint density at radius 2 is 1.95 bits per heavy atom. The minimum absolute atomic E-state index is 0.0843. The zero-order valence-corrected chi connectivity index (χ0v) is 22.4. The number of amides is 2. The normalized spacial score (nSPS) is 30.3. The molecule has 2 bridgehead atoms. The van der Waals surface area contributed by atoms with Gasteiger partial charge in [-0.25, -0.2) is 0 Å². The Bertz CT molecular complexity index is 877. The molecule has 0 aromatic heterocycles. The van der Waals surface area contributed by atoms with Crippen molar-refractivity contribution in [2.75, 3.05) is 65.7 Å². The maximum Gasteiger partial charge on any atom is 0.312 e. The van der Waals surface area contributed by atoms with Crippen molar-refractivity contribution in [1.29, 1.82) is 0 Å². The fraction of sp³-hybridized carbons (Fsp3) is 0.750. The second kappa shape index (κ2) is 13.2. The molecule has 2 amide bonds. The minimum Gasteiger partial charge on any atom is -0.465 e. The number of likely N-dealkylation sites (tertiary alicyclic amines) is 1. The van der Waals surface area contributed by atoms with Crippen molar-refractivity contribution in [3.8, 4) is 0 Å². The average Bonchev–Trinajstić information content (AvgIpc) is 3.57. The number of rotatable bonds is 15. The zero-order valence-electron chi connectivity index (χ0n) is 22.4. The Morgan fingerprint density at radius 3 is 2.66 bits per heavy atom. The van der Waals surface area contributed by atoms with Gasteiger partial charge in [-0.3, -0.25) is 19.3 Å². The number of carbonyl (C=O) groups is 3. The number of unbranched alkanes of at least 4 members (excludes halogenated alkanes) is 2. The zero-order chi connectivity index (χ0) is 27.1. The van der Waals surface area contributed by atoms with Crippen LogP contribution < -0.4 is 0 Å². The molecule has 0 radical (unpaired) electrons. The fourth-order valence-corrected chi connectivity index (χ4v) is 6.56. The lowest BCUT2D eigenvalue weighted by Gasteiger charge is -2.37. The van der Waals surface area contributed by atoms with Crippen LogP contribution in [0.1, 0.15) is 38.5 Å². The Kier molecular flexibility index (Phi) is 9.97. The summed E-state index contributed by atoms with van der Waals surface area (Å²) in [7, 11) is 0. The summed E-state index contributed by atoms with van der Waals surface area (Å²) in [6, 6.07) is -0.797. The van der Waals surface area contributed by atoms with Crippen LogP contribution in [0.5, 0.6) is 0 Å². The number of aliphatic hydroxyl groups excluding tert-OH is 1. The van der Waals surface area contributed by atoms with Crippen LogP contribution in [0.4, 0.5) is 0 Å². The maximum absolute atomic E-state index is 14.3. The van der Waals surface area contributed by atoms with Crippen LogP contribution in [0, 0.1) is 11.8 Å². The van der Waals surface area contributed by atoms with E-state index in [1.165, 1.54) is 0 Å². The van der Waals surface area contributed by atoms with Gasteiger partial charge in [-0.1, -0.05) is 12.2 Å². The third kappa shape index (κ3) is 5.68. The number of morpholine rings is 1. The second-order valence-corrected chi connectivity index (χ2v) is 10.6. The maximum atomic E-state index is 14.3. The van der Waals surface area contributed by atoms with Crippen LogP contribution >= 0.6 is 0 Å². The fourth-order valence-electron chi connectivity index (χ4n) is 6.56. The third-order valence-electron chi connectivity index (χ3n) is 8.38. The van der Waals surface area contributed by atoms with Crippen molar-refractivity contribution in [3.63, 3.8) is 0 Å². The van der Waals surface area contributed by atoms with Gasteiger partial charge in [-0.05, 0) is 38.5 Å². The van der Waals surface area contributed by atoms with Gasteiger partial charge < -0.3 is 29.1 Å². The first kappa shape index (κ1) is 28.7. The highest BCUT2D eigenvalue weighted by Crippen LogP contribution is 2.58. The molecule has 0 saturated carbocycles. The molecule has 0 aromatic rings. The van der Waals surface area contributed by atoms with Crippen LogP contribution in [0.25, 0.3) is 0 Å². The van der Waals surface area contributed by atoms with Gasteiger partial charge in [0.25, 0.3) is 0 Å². The molecule has 0 aromatic carbocycles. The summed E-state index contributed by atoms with van der Waals surface area (Å²) >= 11 is 0. The number of fused-ring (bicyclic) bond motifs is 1. The number of nitrogens with zero attached hydrogens (tertiary/aromatic N) is 3. The third-order valence-corrected chi connectivity index (χ3v) is 8.38. The lowest BCUT2D eigenvalue weighted by Crippen LogP contribution is -2.57. The van der Waals surface area contributed by atoms with Crippen molar-refractivity contribution >= 4 is 17.8 Å². The second-order valence-electron chi connectivity index (χ2n) is 10.6. The van der Waals surface area contributed by atoms with Crippen LogP contribution in [0.3, 0.4) is 0 Å². The van der Waals surface area contributed by atoms with E-state index >= 15 is 0 Å². The molecule has 4 aliphatic heterocycles. The first-order valence-electron chi connectivity index (χ1n) is 14.0. The first-order chi connectivity index (χ1) is 18.5. The summed E-state index contributed by atoms with van der Waals surface area (Å²) in [6.45, 7) is 12.8. The van der Waals surface area contributed by atoms with Gasteiger partial charge in [-0.2, -0.15) is 0 Å². The van der Waals surface area contributed by atoms with E-state index in [1.54, 1.807) is 22.0 Å². The molecule has 38 heavy (non-hydrogen) atoms. The van der Waals surface area contributed by atoms with Crippen LogP contribution in [-0.4, -0.2) is 121 Å². The molecule has 4 heterocycles. The minimum atomic E-state index is -1.03. The number of esters is 1. The number of hydrogen-bond acceptors (Lipinski definition) is 8. The lowest BCUT2D eigenvalue weighted by atomic mass is 9.70. The highest BCUT2D eigenvalue weighted by atomic mass is 16.6. The highest BCUT2D eigenvalue weighted by molar-refractivity contribution is 5.98. The summed E-state index contributed by atoms with van der Waals surface area (Å²) in [5.41, 5.74) is -1.03. The van der Waals surface area contributed by atoms with E-state index in [0.717, 1.165) is 19.5 Å². The quantitative estimate of drug-likeness (QED) is 0.189. The van der Waals surface area contributed by atoms with E-state index in [1.807, 2.05) is 0 Å². The number of aliphatic hydroxyl groups is 1. The standard InChI is InChI=1S/C28H43N3O7/c1-3-5-18-37-27(35)22-21-9-10-28(38-21)23(22)25(33)31(12-7-6-8-17-32)24(28)26(34)30(11-4-2)14-13-29-15-19-36-20-16-29/h3-4,21-24,32H,1-2,5-20H2/t21-,22+,23-,24?,28?/m0/s1. The molecule has 10 nitrogen and oxygen atoms in total. The van der Waals surface area contributed by atoms with Gasteiger partial charge >= 0.3 is 5.97 Å². The Hall–Kier alpha value is -2.27. The SMILES string of the molecule is C=CCCOC(=O)[C@@H]1[C@@H]2CCC3(O2)C(C(=O)N(CC=C)CCN2CCOCC2)N(CCCCCO)C(=O)[C@H]13. The van der Waals surface area contributed by atoms with Crippen LogP contribution in [0.2, 0.25) is 0 Å². The predicted molar refractivity (Wildman–Crippen MR) is 140 cm³/mol. The van der Waals surface area contributed by atoms with Crippen LogP contribution in [0.15, 0.2) is 25.3 Å². The highest BCUT2D eigenvalue weighted by Gasteiger charge is 2.75. The molecule has 10 heteroatoms. The predicted octanol–water partition coefficient (Wildman–Crippen LogP) is 0.990. The summed E-state index contributed by atoms with van der Waals surface area (Å²) in [5, 5.41) is 9.21. The Morgan fingerprint density at radius 1 is 1.16 bits per heavy atom. The molecule has 0 aliphatic carbocycles. The monoisotopic (exact) mass is 533 g/mol. The molecule has 1 spiro atoms. The molecular formula is C28H43N3O7. The summed E-state index contributed by atoms with van der Waals surface area (Å²) in [4.78, 5) is 47.0. The number of ether oxygens (including phenoxy) is 3. The van der Waals surface area contributed by atoms with E-state index in [0.29, 0.717) is 71.5 Å². The average molecular weight is 534 g/mol. The van der Waals surface area contributed by atoms with Crippen molar-refractivity contribution in [1.82, 2.24) is 14.7 Å². The van der Waals surface area contributed by atoms with Gasteiger partial charge in [0.2, 0.25) is 11.8 Å². The van der Waals surface area contributed by atoms with Gasteiger partial charge in [0.1, 0.15) is 11.6 Å². The summed E-state index contributed by atoms with van der Waals surface area (Å²) in [6.07, 6.45) is 6.70. The molecular weight excluding hydrogens is 490 g/mol. The van der Waals surface area contributed by atoms with Gasteiger partial charge in [0, 0.05) is 45.9 Å². The van der Waals surface area contributed by atoms with E-state index in [2.05, 4.69) is 18.1 Å². The molecule has 1 N–H and O–H groups in total. The van der Waals surface area contributed by atoms with Gasteiger partial charge in [0.15, 0.2) is 0 Å². The van der Waals surface area contributed by atoms with Gasteiger partial charge in [-0.15, -0.1) is 13.2 Å². The van der Waals surface area contributed by atoms with Crippen molar-refractivity contribution in [2.45, 2.75) is 56.3 Å². The van der Waals surface area contributed by atoms with Crippen molar-refractivity contribution < 1.29 is 33.7 Å². The first-order valence-corrected chi connectivity index (χ1v) is 14.0. The smallest absolute Gasteiger partial charge is 0.312 e. The van der Waals surface area contributed by atoms with Crippen molar-refractivity contribution in [3.05, 3.63) is 25.3 Å². The molecule has 5 atom stereocenters. The van der Waals surface area contributed by atoms with E-state index in [9.17, 15) is 19.5 Å². The Balaban J connectivity index is 1.57. The molecule has 4 rings (SSSR count). The topological polar surface area (TPSA) is 109 Å². The molecule has 4 aliphatic rings. The molecule has 4 saturated heterocycles. The largest absolute Gasteiger partial charge is 0.465 e. The van der Waals surface area contributed by atoms with Crippen LogP contribution in [-0.2, 0) is 28.6 Å².